The van der Waals surface area contributed by atoms with Crippen molar-refractivity contribution in [3.05, 3.63) is 22.8 Å². The van der Waals surface area contributed by atoms with Crippen molar-refractivity contribution < 1.29 is 9.47 Å². The molecule has 0 aliphatic rings. The molecule has 1 aromatic carbocycles. The Labute approximate surface area is 109 Å². The first-order valence-electron chi connectivity index (χ1n) is 6.12. The minimum Gasteiger partial charge on any atom is -0.496 e. The summed E-state index contributed by atoms with van der Waals surface area (Å²) in [5.74, 6) is 1.74. The maximum absolute atomic E-state index is 6.02. The highest BCUT2D eigenvalue weighted by atomic mass is 16.5. The fourth-order valence-electron chi connectivity index (χ4n) is 2.30. The van der Waals surface area contributed by atoms with Gasteiger partial charge in [-0.1, -0.05) is 0 Å². The van der Waals surface area contributed by atoms with Crippen LogP contribution in [0.4, 0.5) is 0 Å². The molecule has 0 spiro atoms. The molecule has 0 aliphatic carbocycles. The first-order valence-corrected chi connectivity index (χ1v) is 6.12. The minimum absolute atomic E-state index is 0.0179. The first kappa shape index (κ1) is 14.8. The highest BCUT2D eigenvalue weighted by Crippen LogP contribution is 2.37. The summed E-state index contributed by atoms with van der Waals surface area (Å²) in [5.41, 5.74) is 9.25. The van der Waals surface area contributed by atoms with Crippen molar-refractivity contribution in [2.75, 3.05) is 21.3 Å². The first-order chi connectivity index (χ1) is 8.47. The highest BCUT2D eigenvalue weighted by Gasteiger charge is 2.22. The summed E-state index contributed by atoms with van der Waals surface area (Å²) in [4.78, 5) is 0. The lowest BCUT2D eigenvalue weighted by atomic mass is 9.94. The van der Waals surface area contributed by atoms with E-state index in [-0.39, 0.29) is 12.1 Å². The van der Waals surface area contributed by atoms with Crippen LogP contribution in [0.15, 0.2) is 6.07 Å². The second-order valence-electron chi connectivity index (χ2n) is 4.58. The Morgan fingerprint density at radius 1 is 1.17 bits per heavy atom. The van der Waals surface area contributed by atoms with Gasteiger partial charge in [0.15, 0.2) is 0 Å². The number of nitrogens with two attached hydrogens (primary N) is 1. The molecule has 0 saturated heterocycles. The third-order valence-corrected chi connectivity index (χ3v) is 3.42. The minimum atomic E-state index is -0.0179. The van der Waals surface area contributed by atoms with E-state index in [9.17, 15) is 0 Å². The molecule has 0 fully saturated rings. The predicted octanol–water partition coefficient (Wildman–Crippen LogP) is 1.93. The fraction of sp³-hybridized carbons (Fsp3) is 0.571. The molecule has 4 nitrogen and oxygen atoms in total. The number of hydrogen-bond acceptors (Lipinski definition) is 4. The zero-order valence-electron chi connectivity index (χ0n) is 12.1. The van der Waals surface area contributed by atoms with Crippen LogP contribution in [0, 0.1) is 13.8 Å². The molecule has 0 aromatic heterocycles. The van der Waals surface area contributed by atoms with Crippen molar-refractivity contribution in [3.8, 4) is 11.5 Å². The lowest BCUT2D eigenvalue weighted by Crippen LogP contribution is -2.34. The molecule has 3 N–H and O–H groups in total. The molecule has 2 atom stereocenters. The average molecular weight is 252 g/mol. The van der Waals surface area contributed by atoms with Crippen LogP contribution in [0.5, 0.6) is 11.5 Å². The van der Waals surface area contributed by atoms with Gasteiger partial charge in [0.2, 0.25) is 0 Å². The zero-order chi connectivity index (χ0) is 13.9. The van der Waals surface area contributed by atoms with Crippen molar-refractivity contribution in [1.82, 2.24) is 5.32 Å². The Morgan fingerprint density at radius 2 is 1.78 bits per heavy atom. The van der Waals surface area contributed by atoms with Crippen LogP contribution in [0.1, 0.15) is 29.7 Å². The van der Waals surface area contributed by atoms with Crippen molar-refractivity contribution in [3.63, 3.8) is 0 Å². The largest absolute Gasteiger partial charge is 0.496 e. The Morgan fingerprint density at radius 3 is 2.17 bits per heavy atom. The van der Waals surface area contributed by atoms with Crippen LogP contribution >= 0.6 is 0 Å². The van der Waals surface area contributed by atoms with Gasteiger partial charge >= 0.3 is 0 Å². The monoisotopic (exact) mass is 252 g/mol. The quantitative estimate of drug-likeness (QED) is 0.840. The van der Waals surface area contributed by atoms with Crippen LogP contribution in [0.3, 0.4) is 0 Å². The number of benzene rings is 1. The second-order valence-corrected chi connectivity index (χ2v) is 4.58. The number of likely N-dealkylation sites (N-methyl/N-ethyl adjacent to an activating group) is 1. The van der Waals surface area contributed by atoms with E-state index in [2.05, 4.69) is 5.32 Å². The van der Waals surface area contributed by atoms with Crippen LogP contribution in [-0.4, -0.2) is 27.3 Å². The topological polar surface area (TPSA) is 56.5 Å². The number of hydrogen-bond donors (Lipinski definition) is 2. The van der Waals surface area contributed by atoms with Gasteiger partial charge in [0.05, 0.1) is 20.3 Å². The summed E-state index contributed by atoms with van der Waals surface area (Å²) in [6.07, 6.45) is 0. The summed E-state index contributed by atoms with van der Waals surface area (Å²) < 4.78 is 11.0. The predicted molar refractivity (Wildman–Crippen MR) is 74.5 cm³/mol. The maximum atomic E-state index is 6.02. The summed E-state index contributed by atoms with van der Waals surface area (Å²) in [6, 6.07) is 2.02. The number of nitrogens with one attached hydrogen (secondary N) is 1. The Bertz CT molecular complexity index is 417. The van der Waals surface area contributed by atoms with E-state index in [0.717, 1.165) is 28.2 Å². The summed E-state index contributed by atoms with van der Waals surface area (Å²) >= 11 is 0. The SMILES string of the molecule is CNC(c1cc(OC)c(C)c(C)c1OC)C(C)N. The Hall–Kier alpha value is -1.26. The number of rotatable bonds is 5. The van der Waals surface area contributed by atoms with E-state index in [0.29, 0.717) is 0 Å². The zero-order valence-corrected chi connectivity index (χ0v) is 12.1. The maximum Gasteiger partial charge on any atom is 0.127 e. The highest BCUT2D eigenvalue weighted by molar-refractivity contribution is 5.54. The van der Waals surface area contributed by atoms with Gasteiger partial charge in [0, 0.05) is 11.6 Å². The summed E-state index contributed by atoms with van der Waals surface area (Å²) in [5, 5.41) is 3.23. The third-order valence-electron chi connectivity index (χ3n) is 3.42. The van der Waals surface area contributed by atoms with Crippen molar-refractivity contribution in [2.24, 2.45) is 5.73 Å². The van der Waals surface area contributed by atoms with E-state index in [1.807, 2.05) is 33.9 Å². The fourth-order valence-corrected chi connectivity index (χ4v) is 2.30. The standard InChI is InChI=1S/C14H24N2O2/c1-8-9(2)14(18-6)11(7-12(8)17-5)13(16-4)10(3)15/h7,10,13,16H,15H2,1-6H3. The van der Waals surface area contributed by atoms with Crippen LogP contribution < -0.4 is 20.5 Å². The molecular weight excluding hydrogens is 228 g/mol. The molecule has 18 heavy (non-hydrogen) atoms. The van der Waals surface area contributed by atoms with Crippen molar-refractivity contribution in [1.29, 1.82) is 0 Å². The van der Waals surface area contributed by atoms with E-state index in [4.69, 9.17) is 15.2 Å². The molecule has 0 bridgehead atoms. The number of ether oxygens (including phenoxy) is 2. The molecule has 4 heteroatoms. The molecule has 0 saturated carbocycles. The van der Waals surface area contributed by atoms with E-state index in [1.54, 1.807) is 14.2 Å². The van der Waals surface area contributed by atoms with Gasteiger partial charge in [-0.3, -0.25) is 0 Å². The normalized spacial score (nSPS) is 14.2. The molecule has 2 unspecified atom stereocenters. The number of methoxy groups -OCH3 is 2. The van der Waals surface area contributed by atoms with Crippen LogP contribution in [-0.2, 0) is 0 Å². The third kappa shape index (κ3) is 2.60. The van der Waals surface area contributed by atoms with Gasteiger partial charge in [-0.05, 0) is 45.0 Å². The smallest absolute Gasteiger partial charge is 0.127 e. The van der Waals surface area contributed by atoms with Gasteiger partial charge in [-0.15, -0.1) is 0 Å². The van der Waals surface area contributed by atoms with Gasteiger partial charge in [-0.2, -0.15) is 0 Å². The molecule has 1 rings (SSSR count). The molecule has 0 aliphatic heterocycles. The van der Waals surface area contributed by atoms with Crippen LogP contribution in [0.2, 0.25) is 0 Å². The Balaban J connectivity index is 3.45. The van der Waals surface area contributed by atoms with E-state index >= 15 is 0 Å². The van der Waals surface area contributed by atoms with Crippen molar-refractivity contribution >= 4 is 0 Å². The summed E-state index contributed by atoms with van der Waals surface area (Å²) in [6.45, 7) is 6.04. The van der Waals surface area contributed by atoms with E-state index < -0.39 is 0 Å². The Kier molecular flexibility index (Phi) is 4.99. The van der Waals surface area contributed by atoms with Crippen LogP contribution in [0.25, 0.3) is 0 Å². The molecule has 102 valence electrons. The molecule has 0 radical (unpaired) electrons. The molecule has 1 aromatic rings. The molecular formula is C14H24N2O2. The second kappa shape index (κ2) is 6.07. The van der Waals surface area contributed by atoms with Gasteiger partial charge in [0.1, 0.15) is 11.5 Å². The van der Waals surface area contributed by atoms with Gasteiger partial charge < -0.3 is 20.5 Å². The van der Waals surface area contributed by atoms with Gasteiger partial charge in [0.25, 0.3) is 0 Å². The lowest BCUT2D eigenvalue weighted by molar-refractivity contribution is 0.380. The summed E-state index contributed by atoms with van der Waals surface area (Å²) in [7, 11) is 5.26. The average Bonchev–Trinajstić information content (AvgIpc) is 2.34. The van der Waals surface area contributed by atoms with Crippen molar-refractivity contribution in [2.45, 2.75) is 32.9 Å². The van der Waals surface area contributed by atoms with Gasteiger partial charge in [-0.25, -0.2) is 0 Å². The van der Waals surface area contributed by atoms with E-state index in [1.165, 1.54) is 0 Å². The lowest BCUT2D eigenvalue weighted by Gasteiger charge is -2.25. The molecule has 0 amide bonds. The molecule has 0 heterocycles.